The Kier molecular flexibility index (Phi) is 5.22. The fraction of sp³-hybridized carbons (Fsp3) is 0.667. The van der Waals surface area contributed by atoms with Crippen molar-refractivity contribution >= 4 is 0 Å². The second-order valence-corrected chi connectivity index (χ2v) is 6.73. The number of aliphatic hydroxyl groups excluding tert-OH is 1. The molecule has 20 heavy (non-hydrogen) atoms. The Labute approximate surface area is 123 Å². The fourth-order valence-corrected chi connectivity index (χ4v) is 3.32. The first-order valence-corrected chi connectivity index (χ1v) is 7.93. The van der Waals surface area contributed by atoms with Crippen LogP contribution in [0.4, 0.5) is 0 Å². The summed E-state index contributed by atoms with van der Waals surface area (Å²) in [5.41, 5.74) is 3.49. The molecule has 1 aromatic rings. The molecule has 0 radical (unpaired) electrons. The van der Waals surface area contributed by atoms with Crippen LogP contribution >= 0.6 is 0 Å². The quantitative estimate of drug-likeness (QED) is 0.902. The van der Waals surface area contributed by atoms with Crippen LogP contribution in [0.3, 0.4) is 0 Å². The molecular weight excluding hydrogens is 246 g/mol. The number of benzene rings is 1. The van der Waals surface area contributed by atoms with Crippen LogP contribution in [-0.2, 0) is 0 Å². The van der Waals surface area contributed by atoms with Crippen LogP contribution in [0.1, 0.15) is 55.4 Å². The molecule has 0 amide bonds. The molecule has 0 aromatic heterocycles. The van der Waals surface area contributed by atoms with E-state index in [1.54, 1.807) is 0 Å². The van der Waals surface area contributed by atoms with E-state index in [-0.39, 0.29) is 6.10 Å². The van der Waals surface area contributed by atoms with Crippen molar-refractivity contribution < 1.29 is 5.11 Å². The highest BCUT2D eigenvalue weighted by Crippen LogP contribution is 2.28. The van der Waals surface area contributed by atoms with E-state index in [0.29, 0.717) is 6.04 Å². The largest absolute Gasteiger partial charge is 0.387 e. The van der Waals surface area contributed by atoms with Gasteiger partial charge in [-0.2, -0.15) is 0 Å². The third-order valence-corrected chi connectivity index (χ3v) is 4.86. The predicted octanol–water partition coefficient (Wildman–Crippen LogP) is 3.85. The molecule has 0 spiro atoms. The number of rotatable bonds is 4. The minimum Gasteiger partial charge on any atom is -0.387 e. The highest BCUT2D eigenvalue weighted by Gasteiger charge is 2.23. The second kappa shape index (κ2) is 6.73. The van der Waals surface area contributed by atoms with Gasteiger partial charge in [-0.1, -0.05) is 30.7 Å². The molecule has 0 aliphatic heterocycles. The van der Waals surface area contributed by atoms with Gasteiger partial charge in [0.1, 0.15) is 0 Å². The summed E-state index contributed by atoms with van der Waals surface area (Å²) < 4.78 is 0. The Hall–Kier alpha value is -0.860. The van der Waals surface area contributed by atoms with E-state index in [9.17, 15) is 5.11 Å². The summed E-state index contributed by atoms with van der Waals surface area (Å²) in [5, 5.41) is 10.5. The van der Waals surface area contributed by atoms with Crippen LogP contribution in [0, 0.1) is 19.8 Å². The first-order chi connectivity index (χ1) is 9.47. The molecule has 2 rings (SSSR count). The van der Waals surface area contributed by atoms with E-state index >= 15 is 0 Å². The summed E-state index contributed by atoms with van der Waals surface area (Å²) in [6.45, 7) is 7.26. The van der Waals surface area contributed by atoms with Gasteiger partial charge in [0.05, 0.1) is 6.10 Å². The Morgan fingerprint density at radius 2 is 1.85 bits per heavy atom. The Morgan fingerprint density at radius 3 is 2.50 bits per heavy atom. The Morgan fingerprint density at radius 1 is 1.20 bits per heavy atom. The second-order valence-electron chi connectivity index (χ2n) is 6.73. The summed E-state index contributed by atoms with van der Waals surface area (Å²) >= 11 is 0. The van der Waals surface area contributed by atoms with E-state index < -0.39 is 0 Å². The molecule has 1 aromatic carbocycles. The van der Waals surface area contributed by atoms with Crippen molar-refractivity contribution in [2.75, 3.05) is 13.6 Å². The highest BCUT2D eigenvalue weighted by molar-refractivity contribution is 5.32. The smallest absolute Gasteiger partial charge is 0.0919 e. The summed E-state index contributed by atoms with van der Waals surface area (Å²) in [5.74, 6) is 0.878. The average Bonchev–Trinajstić information content (AvgIpc) is 2.42. The van der Waals surface area contributed by atoms with Crippen molar-refractivity contribution in [1.29, 1.82) is 0 Å². The molecule has 1 fully saturated rings. The van der Waals surface area contributed by atoms with Crippen LogP contribution < -0.4 is 0 Å². The van der Waals surface area contributed by atoms with Crippen LogP contribution in [0.15, 0.2) is 18.2 Å². The van der Waals surface area contributed by atoms with Gasteiger partial charge in [-0.3, -0.25) is 0 Å². The highest BCUT2D eigenvalue weighted by atomic mass is 16.3. The van der Waals surface area contributed by atoms with E-state index in [0.717, 1.165) is 18.0 Å². The third-order valence-electron chi connectivity index (χ3n) is 4.86. The Balaban J connectivity index is 1.96. The van der Waals surface area contributed by atoms with Gasteiger partial charge in [-0.25, -0.2) is 0 Å². The zero-order valence-corrected chi connectivity index (χ0v) is 13.4. The molecule has 1 N–H and O–H groups in total. The Bertz CT molecular complexity index is 435. The molecule has 0 bridgehead atoms. The molecule has 1 unspecified atom stereocenters. The molecule has 0 heterocycles. The van der Waals surface area contributed by atoms with E-state index in [4.69, 9.17) is 0 Å². The standard InChI is InChI=1S/C18H29NO/c1-13-6-9-16(10-7-13)19(4)12-18(20)17-11-14(2)5-8-15(17)3/h5,8,11,13,16,18,20H,6-7,9-10,12H2,1-4H3. The molecule has 1 saturated carbocycles. The van der Waals surface area contributed by atoms with Gasteiger partial charge in [0.2, 0.25) is 0 Å². The van der Waals surface area contributed by atoms with Gasteiger partial charge in [0.25, 0.3) is 0 Å². The predicted molar refractivity (Wildman–Crippen MR) is 84.9 cm³/mol. The van der Waals surface area contributed by atoms with Crippen molar-refractivity contribution in [2.45, 2.75) is 58.6 Å². The molecule has 1 atom stereocenters. The van der Waals surface area contributed by atoms with E-state index in [1.165, 1.54) is 36.8 Å². The van der Waals surface area contributed by atoms with Crippen molar-refractivity contribution in [3.8, 4) is 0 Å². The number of likely N-dealkylation sites (N-methyl/N-ethyl adjacent to an activating group) is 1. The van der Waals surface area contributed by atoms with Gasteiger partial charge in [-0.05, 0) is 63.6 Å². The van der Waals surface area contributed by atoms with Crippen molar-refractivity contribution in [1.82, 2.24) is 4.90 Å². The normalized spacial score (nSPS) is 24.9. The first-order valence-electron chi connectivity index (χ1n) is 7.93. The molecule has 0 saturated heterocycles. The van der Waals surface area contributed by atoms with Crippen molar-refractivity contribution in [3.05, 3.63) is 34.9 Å². The molecule has 2 heteroatoms. The molecule has 2 nitrogen and oxygen atoms in total. The van der Waals surface area contributed by atoms with Crippen molar-refractivity contribution in [2.24, 2.45) is 5.92 Å². The van der Waals surface area contributed by atoms with Gasteiger partial charge in [0, 0.05) is 12.6 Å². The minimum absolute atomic E-state index is 0.376. The number of aliphatic hydroxyl groups is 1. The number of aryl methyl sites for hydroxylation is 2. The fourth-order valence-electron chi connectivity index (χ4n) is 3.32. The van der Waals surface area contributed by atoms with Crippen LogP contribution in [0.2, 0.25) is 0 Å². The summed E-state index contributed by atoms with van der Waals surface area (Å²) in [6, 6.07) is 6.98. The molecule has 1 aliphatic carbocycles. The van der Waals surface area contributed by atoms with Gasteiger partial charge < -0.3 is 10.0 Å². The number of hydrogen-bond donors (Lipinski definition) is 1. The maximum absolute atomic E-state index is 10.5. The van der Waals surface area contributed by atoms with Crippen molar-refractivity contribution in [3.63, 3.8) is 0 Å². The maximum Gasteiger partial charge on any atom is 0.0919 e. The average molecular weight is 275 g/mol. The third kappa shape index (κ3) is 3.83. The van der Waals surface area contributed by atoms with Gasteiger partial charge >= 0.3 is 0 Å². The lowest BCUT2D eigenvalue weighted by Gasteiger charge is -2.34. The van der Waals surface area contributed by atoms with Crippen LogP contribution in [-0.4, -0.2) is 29.6 Å². The first kappa shape index (κ1) is 15.5. The monoisotopic (exact) mass is 275 g/mol. The molecular formula is C18H29NO. The lowest BCUT2D eigenvalue weighted by molar-refractivity contribution is 0.0853. The molecule has 1 aliphatic rings. The molecule has 112 valence electrons. The summed E-state index contributed by atoms with van der Waals surface area (Å²) in [6.07, 6.45) is 4.83. The van der Waals surface area contributed by atoms with E-state index in [2.05, 4.69) is 50.9 Å². The zero-order valence-electron chi connectivity index (χ0n) is 13.4. The zero-order chi connectivity index (χ0) is 14.7. The summed E-state index contributed by atoms with van der Waals surface area (Å²) in [4.78, 5) is 2.36. The number of hydrogen-bond acceptors (Lipinski definition) is 2. The SMILES string of the molecule is Cc1ccc(C)c(C(O)CN(C)C2CCC(C)CC2)c1. The summed E-state index contributed by atoms with van der Waals surface area (Å²) in [7, 11) is 2.16. The van der Waals surface area contributed by atoms with E-state index in [1.807, 2.05) is 0 Å². The lowest BCUT2D eigenvalue weighted by Crippen LogP contribution is -2.37. The maximum atomic E-state index is 10.5. The topological polar surface area (TPSA) is 23.5 Å². The minimum atomic E-state index is -0.376. The van der Waals surface area contributed by atoms with Crippen LogP contribution in [0.25, 0.3) is 0 Å². The van der Waals surface area contributed by atoms with Gasteiger partial charge in [0.15, 0.2) is 0 Å². The number of nitrogens with zero attached hydrogens (tertiary/aromatic N) is 1. The lowest BCUT2D eigenvalue weighted by atomic mass is 9.86. The van der Waals surface area contributed by atoms with Gasteiger partial charge in [-0.15, -0.1) is 0 Å². The van der Waals surface area contributed by atoms with Crippen LogP contribution in [0.5, 0.6) is 0 Å².